The highest BCUT2D eigenvalue weighted by Gasteiger charge is 2.24. The Balaban J connectivity index is 1.87. The minimum absolute atomic E-state index is 0.301. The lowest BCUT2D eigenvalue weighted by atomic mass is 9.80. The van der Waals surface area contributed by atoms with E-state index in [0.29, 0.717) is 29.8 Å². The molecule has 1 heterocycles. The molecule has 0 amide bonds. The molecule has 1 fully saturated rings. The third kappa shape index (κ3) is 4.89. The van der Waals surface area contributed by atoms with Crippen molar-refractivity contribution in [3.63, 3.8) is 0 Å². The summed E-state index contributed by atoms with van der Waals surface area (Å²) < 4.78 is 5.44. The lowest BCUT2D eigenvalue weighted by Crippen LogP contribution is -2.14. The minimum Gasteiger partial charge on any atom is -0.506 e. The van der Waals surface area contributed by atoms with Crippen LogP contribution in [-0.2, 0) is 11.2 Å². The van der Waals surface area contributed by atoms with E-state index in [1.54, 1.807) is 6.07 Å². The summed E-state index contributed by atoms with van der Waals surface area (Å²) in [7, 11) is 0. The van der Waals surface area contributed by atoms with Crippen LogP contribution in [0.4, 0.5) is 0 Å². The third-order valence-electron chi connectivity index (χ3n) is 6.20. The predicted molar refractivity (Wildman–Crippen MR) is 113 cm³/mol. The van der Waals surface area contributed by atoms with E-state index < -0.39 is 5.97 Å². The fraction of sp³-hybridized carbons (Fsp3) is 0.500. The van der Waals surface area contributed by atoms with Gasteiger partial charge in [-0.2, -0.15) is 0 Å². The fourth-order valence-corrected chi connectivity index (χ4v) is 4.43. The van der Waals surface area contributed by atoms with Gasteiger partial charge in [0.2, 0.25) is 0 Å². The Morgan fingerprint density at radius 2 is 1.97 bits per heavy atom. The molecule has 2 unspecified atom stereocenters. The molecular formula is C24H31NO4. The van der Waals surface area contributed by atoms with Crippen molar-refractivity contribution >= 4 is 5.97 Å². The number of aliphatic carboxylic acids is 1. The molecule has 156 valence electrons. The molecule has 0 radical (unpaired) electrons. The molecule has 1 aromatic heterocycles. The van der Waals surface area contributed by atoms with Gasteiger partial charge < -0.3 is 14.9 Å². The number of pyridine rings is 1. The maximum atomic E-state index is 10.8. The summed E-state index contributed by atoms with van der Waals surface area (Å²) in [6.45, 7) is 7.93. The summed E-state index contributed by atoms with van der Waals surface area (Å²) in [5.41, 5.74) is 6.05. The van der Waals surface area contributed by atoms with E-state index in [0.717, 1.165) is 40.9 Å². The quantitative estimate of drug-likeness (QED) is 0.712. The number of aromatic nitrogens is 1. The standard InChI is InChI=1S/C24H31NO4/c1-14-6-5-7-18(10-14)24-21(26)9-8-19(25-24)12-20-15(2)11-22(17(4)16(20)3)29-13-23(27)28/h8-9,11,14,18,26H,5-7,10,12-13H2,1-4H3,(H,27,28). The SMILES string of the molecule is Cc1cc(OCC(=O)O)c(C)c(C)c1Cc1ccc(O)c(C2CCCC(C)C2)n1. The van der Waals surface area contributed by atoms with Crippen LogP contribution in [0.25, 0.3) is 0 Å². The zero-order valence-electron chi connectivity index (χ0n) is 17.8. The van der Waals surface area contributed by atoms with E-state index in [2.05, 4.69) is 6.92 Å². The van der Waals surface area contributed by atoms with Crippen LogP contribution >= 0.6 is 0 Å². The summed E-state index contributed by atoms with van der Waals surface area (Å²) in [4.78, 5) is 15.7. The molecule has 2 aromatic rings. The van der Waals surface area contributed by atoms with Gasteiger partial charge in [-0.15, -0.1) is 0 Å². The van der Waals surface area contributed by atoms with Gasteiger partial charge in [0.1, 0.15) is 11.5 Å². The van der Waals surface area contributed by atoms with Gasteiger partial charge in [-0.25, -0.2) is 4.79 Å². The number of hydrogen-bond donors (Lipinski definition) is 2. The lowest BCUT2D eigenvalue weighted by Gasteiger charge is -2.27. The molecule has 29 heavy (non-hydrogen) atoms. The Bertz CT molecular complexity index is 906. The van der Waals surface area contributed by atoms with Crippen LogP contribution in [0.1, 0.15) is 72.2 Å². The first-order valence-corrected chi connectivity index (χ1v) is 10.4. The second-order valence-electron chi connectivity index (χ2n) is 8.46. The van der Waals surface area contributed by atoms with Gasteiger partial charge in [0.05, 0.1) is 5.69 Å². The molecule has 1 aliphatic rings. The minimum atomic E-state index is -0.985. The van der Waals surface area contributed by atoms with Crippen LogP contribution in [0.15, 0.2) is 18.2 Å². The smallest absolute Gasteiger partial charge is 0.341 e. The highest BCUT2D eigenvalue weighted by atomic mass is 16.5. The second-order valence-corrected chi connectivity index (χ2v) is 8.46. The largest absolute Gasteiger partial charge is 0.506 e. The fourth-order valence-electron chi connectivity index (χ4n) is 4.43. The van der Waals surface area contributed by atoms with E-state index in [-0.39, 0.29) is 6.61 Å². The zero-order chi connectivity index (χ0) is 21.1. The summed E-state index contributed by atoms with van der Waals surface area (Å²) in [6.07, 6.45) is 5.28. The molecule has 0 saturated heterocycles. The van der Waals surface area contributed by atoms with Crippen molar-refractivity contribution in [2.24, 2.45) is 5.92 Å². The molecule has 3 rings (SSSR count). The van der Waals surface area contributed by atoms with Crippen LogP contribution in [-0.4, -0.2) is 27.8 Å². The molecule has 0 bridgehead atoms. The van der Waals surface area contributed by atoms with Crippen LogP contribution in [0.3, 0.4) is 0 Å². The Labute approximate surface area is 172 Å². The van der Waals surface area contributed by atoms with Crippen molar-refractivity contribution in [1.82, 2.24) is 4.98 Å². The Morgan fingerprint density at radius 3 is 2.66 bits per heavy atom. The normalized spacial score (nSPS) is 19.2. The zero-order valence-corrected chi connectivity index (χ0v) is 17.8. The van der Waals surface area contributed by atoms with Crippen molar-refractivity contribution < 1.29 is 19.7 Å². The van der Waals surface area contributed by atoms with Gasteiger partial charge in [0.25, 0.3) is 0 Å². The number of hydrogen-bond acceptors (Lipinski definition) is 4. The van der Waals surface area contributed by atoms with Gasteiger partial charge in [-0.3, -0.25) is 4.98 Å². The van der Waals surface area contributed by atoms with Crippen LogP contribution < -0.4 is 4.74 Å². The van der Waals surface area contributed by atoms with Gasteiger partial charge in [-0.1, -0.05) is 19.8 Å². The Kier molecular flexibility index (Phi) is 6.46. The van der Waals surface area contributed by atoms with Crippen molar-refractivity contribution in [2.45, 2.75) is 65.7 Å². The molecule has 5 heteroatoms. The Hall–Kier alpha value is -2.56. The number of rotatable bonds is 6. The average Bonchev–Trinajstić information content (AvgIpc) is 2.68. The average molecular weight is 398 g/mol. The van der Waals surface area contributed by atoms with E-state index in [1.165, 1.54) is 18.4 Å². The van der Waals surface area contributed by atoms with E-state index in [9.17, 15) is 9.90 Å². The van der Waals surface area contributed by atoms with Crippen LogP contribution in [0.2, 0.25) is 0 Å². The highest BCUT2D eigenvalue weighted by molar-refractivity contribution is 5.68. The third-order valence-corrected chi connectivity index (χ3v) is 6.20. The molecule has 0 spiro atoms. The van der Waals surface area contributed by atoms with Crippen LogP contribution in [0.5, 0.6) is 11.5 Å². The molecule has 1 aromatic carbocycles. The molecule has 2 N–H and O–H groups in total. The molecule has 1 aliphatic carbocycles. The monoisotopic (exact) mass is 397 g/mol. The number of carbonyl (C=O) groups is 1. The highest BCUT2D eigenvalue weighted by Crippen LogP contribution is 2.39. The number of carboxylic acid groups (broad SMARTS) is 1. The van der Waals surface area contributed by atoms with Gasteiger partial charge in [0.15, 0.2) is 6.61 Å². The number of aryl methyl sites for hydroxylation is 1. The van der Waals surface area contributed by atoms with E-state index in [1.807, 2.05) is 32.9 Å². The number of benzene rings is 1. The van der Waals surface area contributed by atoms with Gasteiger partial charge in [-0.05, 0) is 80.0 Å². The maximum Gasteiger partial charge on any atom is 0.341 e. The van der Waals surface area contributed by atoms with Crippen molar-refractivity contribution in [3.05, 3.63) is 51.8 Å². The Morgan fingerprint density at radius 1 is 1.21 bits per heavy atom. The summed E-state index contributed by atoms with van der Waals surface area (Å²) in [5, 5.41) is 19.3. The molecule has 0 aliphatic heterocycles. The summed E-state index contributed by atoms with van der Waals surface area (Å²) in [5.74, 6) is 0.928. The van der Waals surface area contributed by atoms with Gasteiger partial charge >= 0.3 is 5.97 Å². The first-order valence-electron chi connectivity index (χ1n) is 10.4. The lowest BCUT2D eigenvalue weighted by molar-refractivity contribution is -0.139. The van der Waals surface area contributed by atoms with Gasteiger partial charge in [0, 0.05) is 18.0 Å². The van der Waals surface area contributed by atoms with Crippen molar-refractivity contribution in [2.75, 3.05) is 6.61 Å². The van der Waals surface area contributed by atoms with Crippen molar-refractivity contribution in [3.8, 4) is 11.5 Å². The predicted octanol–water partition coefficient (Wildman–Crippen LogP) is 5.06. The van der Waals surface area contributed by atoms with Crippen molar-refractivity contribution in [1.29, 1.82) is 0 Å². The number of ether oxygens (including phenoxy) is 1. The maximum absolute atomic E-state index is 10.8. The molecule has 1 saturated carbocycles. The van der Waals surface area contributed by atoms with E-state index in [4.69, 9.17) is 14.8 Å². The second kappa shape index (κ2) is 8.85. The molecule has 2 atom stereocenters. The number of nitrogens with zero attached hydrogens (tertiary/aromatic N) is 1. The molecule has 5 nitrogen and oxygen atoms in total. The molecular weight excluding hydrogens is 366 g/mol. The van der Waals surface area contributed by atoms with Crippen LogP contribution in [0, 0.1) is 26.7 Å². The first-order chi connectivity index (χ1) is 13.8. The first kappa shape index (κ1) is 21.2. The topological polar surface area (TPSA) is 79.7 Å². The summed E-state index contributed by atoms with van der Waals surface area (Å²) in [6, 6.07) is 5.58. The summed E-state index contributed by atoms with van der Waals surface area (Å²) >= 11 is 0. The number of carboxylic acids is 1. The van der Waals surface area contributed by atoms with E-state index >= 15 is 0 Å². The number of aromatic hydroxyl groups is 1.